The Bertz CT molecular complexity index is 2690. The Labute approximate surface area is 380 Å². The number of nitrogens with zero attached hydrogens (tertiary/aromatic N) is 5. The number of benzene rings is 4. The fourth-order valence-electron chi connectivity index (χ4n) is 9.45. The van der Waals surface area contributed by atoms with Gasteiger partial charge in [-0.25, -0.2) is 4.98 Å². The Morgan fingerprint density at radius 1 is 0.846 bits per heavy atom. The molecule has 0 radical (unpaired) electrons. The van der Waals surface area contributed by atoms with Gasteiger partial charge in [0.25, 0.3) is 11.8 Å². The van der Waals surface area contributed by atoms with Crippen LogP contribution in [0.1, 0.15) is 61.2 Å². The zero-order valence-electron chi connectivity index (χ0n) is 37.6. The number of amides is 3. The van der Waals surface area contributed by atoms with Crippen molar-refractivity contribution < 1.29 is 28.6 Å². The summed E-state index contributed by atoms with van der Waals surface area (Å²) in [7, 11) is 3.52. The molecule has 1 atom stereocenters. The van der Waals surface area contributed by atoms with Gasteiger partial charge >= 0.3 is 0 Å². The molecule has 0 unspecified atom stereocenters. The minimum Gasteiger partial charge on any atom is -0.492 e. The van der Waals surface area contributed by atoms with Gasteiger partial charge in [-0.2, -0.15) is 0 Å². The molecule has 65 heavy (non-hydrogen) atoms. The molecule has 1 saturated heterocycles. The van der Waals surface area contributed by atoms with Crippen LogP contribution in [0.5, 0.6) is 11.6 Å². The van der Waals surface area contributed by atoms with Crippen molar-refractivity contribution in [3.8, 4) is 34.0 Å². The molecule has 1 fully saturated rings. The number of carbonyl (C=O) groups is 3. The molecule has 12 nitrogen and oxygen atoms in total. The Morgan fingerprint density at radius 3 is 2.34 bits per heavy atom. The third-order valence-corrected chi connectivity index (χ3v) is 13.2. The van der Waals surface area contributed by atoms with Crippen LogP contribution in [0.4, 0.5) is 5.69 Å². The first-order chi connectivity index (χ1) is 31.6. The number of morpholine rings is 1. The molecule has 4 aromatic carbocycles. The summed E-state index contributed by atoms with van der Waals surface area (Å²) in [4.78, 5) is 54.6. The molecule has 6 aromatic rings. The van der Waals surface area contributed by atoms with E-state index in [1.54, 1.807) is 19.4 Å². The molecule has 0 aliphatic carbocycles. The molecule has 0 spiro atoms. The third kappa shape index (κ3) is 9.27. The van der Waals surface area contributed by atoms with Crippen molar-refractivity contribution in [3.63, 3.8) is 0 Å². The molecule has 9 rings (SSSR count). The average molecular weight is 873 g/mol. The predicted octanol–water partition coefficient (Wildman–Crippen LogP) is 7.75. The van der Waals surface area contributed by atoms with Crippen LogP contribution in [0.25, 0.3) is 22.4 Å². The molecule has 0 bridgehead atoms. The van der Waals surface area contributed by atoms with Gasteiger partial charge in [0, 0.05) is 98.3 Å². The van der Waals surface area contributed by atoms with Gasteiger partial charge in [0.15, 0.2) is 0 Å². The summed E-state index contributed by atoms with van der Waals surface area (Å²) in [6.07, 6.45) is 3.32. The second kappa shape index (κ2) is 19.1. The highest BCUT2D eigenvalue weighted by molar-refractivity contribution is 6.13. The molecule has 334 valence electrons. The molecule has 3 amide bonds. The smallest absolute Gasteiger partial charge is 0.258 e. The molecular formula is C53H56N6O6. The van der Waals surface area contributed by atoms with Gasteiger partial charge in [-0.3, -0.25) is 19.3 Å². The maximum Gasteiger partial charge on any atom is 0.258 e. The Balaban J connectivity index is 1.06. The number of carbonyl (C=O) groups excluding carboxylic acids is 3. The summed E-state index contributed by atoms with van der Waals surface area (Å²) >= 11 is 0. The van der Waals surface area contributed by atoms with Gasteiger partial charge < -0.3 is 33.9 Å². The van der Waals surface area contributed by atoms with Crippen molar-refractivity contribution in [2.75, 3.05) is 58.4 Å². The number of hydrogen-bond acceptors (Lipinski definition) is 8. The molecule has 2 aromatic heterocycles. The first-order valence-corrected chi connectivity index (χ1v) is 22.5. The zero-order valence-corrected chi connectivity index (χ0v) is 37.6. The van der Waals surface area contributed by atoms with E-state index in [9.17, 15) is 9.59 Å². The fraction of sp³-hybridized carbons (Fsp3) is 0.321. The number of hydrogen-bond donors (Lipinski definition) is 1. The SMILES string of the molecule is COc1ccc(-c2c(C(=O)Nc3ccccc3)c(C)n(C)c2-c2cc3c(cc2C(=O)N2Cc4ccccc4C[C@H]2C)CN(C(=O)Cc2ccc(OCCN4CCOCC4)cc2)CC3)cn1. The van der Waals surface area contributed by atoms with Crippen LogP contribution in [0.3, 0.4) is 0 Å². The van der Waals surface area contributed by atoms with E-state index in [1.165, 1.54) is 5.56 Å². The summed E-state index contributed by atoms with van der Waals surface area (Å²) in [5.74, 6) is 0.880. The minimum atomic E-state index is -0.270. The number of anilines is 1. The standard InChI is InChI=1S/C53H56N6O6/c1-35-28-38-10-8-9-11-41(38)34-59(35)53(62)46-31-42-33-58(48(60)29-37-14-17-44(18-15-37)65-27-24-57-22-25-64-26-23-57)21-20-39(42)30-45(46)51-50(40-16-19-47(63-4)54-32-40)49(36(2)56(51)3)52(61)55-43-12-6-5-7-13-43/h5-19,30-32,35H,20-29,33-34H2,1-4H3,(H,55,61)/t35-/m1/s1. The topological polar surface area (TPSA) is 118 Å². The van der Waals surface area contributed by atoms with E-state index in [2.05, 4.69) is 46.4 Å². The summed E-state index contributed by atoms with van der Waals surface area (Å²) in [5.41, 5.74) is 10.5. The molecule has 5 heterocycles. The van der Waals surface area contributed by atoms with Crippen LogP contribution in [0, 0.1) is 6.92 Å². The van der Waals surface area contributed by atoms with Crippen molar-refractivity contribution in [1.82, 2.24) is 24.3 Å². The van der Waals surface area contributed by atoms with Gasteiger partial charge in [-0.1, -0.05) is 54.6 Å². The summed E-state index contributed by atoms with van der Waals surface area (Å²) < 4.78 is 18.9. The van der Waals surface area contributed by atoms with Gasteiger partial charge in [0.1, 0.15) is 12.4 Å². The van der Waals surface area contributed by atoms with Crippen LogP contribution in [-0.4, -0.2) is 101 Å². The quantitative estimate of drug-likeness (QED) is 0.133. The van der Waals surface area contributed by atoms with E-state index in [0.717, 1.165) is 84.2 Å². The lowest BCUT2D eigenvalue weighted by atomic mass is 9.88. The monoisotopic (exact) mass is 872 g/mol. The highest BCUT2D eigenvalue weighted by atomic mass is 16.5. The summed E-state index contributed by atoms with van der Waals surface area (Å²) in [6, 6.07) is 33.3. The van der Waals surface area contributed by atoms with E-state index >= 15 is 4.79 Å². The van der Waals surface area contributed by atoms with Crippen LogP contribution >= 0.6 is 0 Å². The number of para-hydroxylation sites is 1. The molecule has 0 saturated carbocycles. The summed E-state index contributed by atoms with van der Waals surface area (Å²) in [5, 5.41) is 3.11. The van der Waals surface area contributed by atoms with Crippen molar-refractivity contribution in [1.29, 1.82) is 0 Å². The van der Waals surface area contributed by atoms with Crippen LogP contribution in [0.15, 0.2) is 109 Å². The molecule has 1 N–H and O–H groups in total. The van der Waals surface area contributed by atoms with Crippen LogP contribution in [0.2, 0.25) is 0 Å². The summed E-state index contributed by atoms with van der Waals surface area (Å²) in [6.45, 7) is 10.2. The molecule has 12 heteroatoms. The van der Waals surface area contributed by atoms with Crippen molar-refractivity contribution in [2.45, 2.75) is 52.2 Å². The van der Waals surface area contributed by atoms with Gasteiger partial charge in [-0.15, -0.1) is 0 Å². The number of fused-ring (bicyclic) bond motifs is 2. The van der Waals surface area contributed by atoms with E-state index < -0.39 is 0 Å². The number of rotatable bonds is 12. The number of pyridine rings is 1. The second-order valence-electron chi connectivity index (χ2n) is 17.3. The number of methoxy groups -OCH3 is 1. The minimum absolute atomic E-state index is 0.0243. The van der Waals surface area contributed by atoms with E-state index in [1.807, 2.05) is 101 Å². The lowest BCUT2D eigenvalue weighted by molar-refractivity contribution is -0.131. The van der Waals surface area contributed by atoms with Gasteiger partial charge in [0.05, 0.1) is 38.0 Å². The Hall–Kier alpha value is -6.76. The average Bonchev–Trinajstić information content (AvgIpc) is 3.60. The van der Waals surface area contributed by atoms with Gasteiger partial charge in [0.2, 0.25) is 11.8 Å². The Kier molecular flexibility index (Phi) is 12.8. The zero-order chi connectivity index (χ0) is 45.0. The normalized spacial score (nSPS) is 16.1. The van der Waals surface area contributed by atoms with Crippen molar-refractivity contribution in [3.05, 3.63) is 154 Å². The first kappa shape index (κ1) is 43.5. The van der Waals surface area contributed by atoms with E-state index in [4.69, 9.17) is 14.2 Å². The third-order valence-electron chi connectivity index (χ3n) is 13.2. The van der Waals surface area contributed by atoms with E-state index in [0.29, 0.717) is 66.5 Å². The lowest BCUT2D eigenvalue weighted by Gasteiger charge is -2.36. The first-order valence-electron chi connectivity index (χ1n) is 22.5. The molecule has 3 aliphatic heterocycles. The number of aromatic nitrogens is 2. The predicted molar refractivity (Wildman–Crippen MR) is 251 cm³/mol. The van der Waals surface area contributed by atoms with Crippen LogP contribution in [-0.2, 0) is 48.9 Å². The maximum atomic E-state index is 15.4. The second-order valence-corrected chi connectivity index (χ2v) is 17.3. The largest absolute Gasteiger partial charge is 0.492 e. The highest BCUT2D eigenvalue weighted by Gasteiger charge is 2.34. The van der Waals surface area contributed by atoms with Gasteiger partial charge in [-0.05, 0) is 97.0 Å². The molecule has 3 aliphatic rings. The van der Waals surface area contributed by atoms with Crippen molar-refractivity contribution >= 4 is 23.4 Å². The fourth-order valence-corrected chi connectivity index (χ4v) is 9.45. The van der Waals surface area contributed by atoms with Crippen LogP contribution < -0.4 is 14.8 Å². The van der Waals surface area contributed by atoms with E-state index in [-0.39, 0.29) is 30.2 Å². The number of nitrogens with one attached hydrogen (secondary N) is 1. The maximum absolute atomic E-state index is 15.4. The highest BCUT2D eigenvalue weighted by Crippen LogP contribution is 2.43. The lowest BCUT2D eigenvalue weighted by Crippen LogP contribution is -2.43. The van der Waals surface area contributed by atoms with Crippen molar-refractivity contribution in [2.24, 2.45) is 7.05 Å². The number of ether oxygens (including phenoxy) is 3. The molecular weight excluding hydrogens is 817 g/mol. The Morgan fingerprint density at radius 2 is 1.60 bits per heavy atom.